The number of carbonyl (C=O) groups excluding carboxylic acids is 2. The fraction of sp³-hybridized carbons (Fsp3) is 0.444. The number of carbonyl (C=O) groups is 2. The van der Waals surface area contributed by atoms with Crippen molar-refractivity contribution >= 4 is 17.5 Å². The van der Waals surface area contributed by atoms with E-state index < -0.39 is 30.3 Å². The normalized spacial score (nSPS) is 15.2. The maximum absolute atomic E-state index is 14.7. The van der Waals surface area contributed by atoms with E-state index in [-0.39, 0.29) is 50.0 Å². The molecule has 10 nitrogen and oxygen atoms in total. The lowest BCUT2D eigenvalue weighted by Gasteiger charge is -2.37. The van der Waals surface area contributed by atoms with Crippen LogP contribution in [-0.2, 0) is 16.1 Å². The van der Waals surface area contributed by atoms with Gasteiger partial charge in [-0.25, -0.2) is 13.5 Å². The average Bonchev–Trinajstić information content (AvgIpc) is 3.20. The van der Waals surface area contributed by atoms with Crippen molar-refractivity contribution in [2.24, 2.45) is 0 Å². The Morgan fingerprint density at radius 2 is 1.83 bits per heavy atom. The zero-order chi connectivity index (χ0) is 21.8. The van der Waals surface area contributed by atoms with Crippen LogP contribution in [0.25, 0.3) is 5.69 Å². The SMILES string of the molecule is CC(=O)NCc1cn(-c2cc(F)c(N3CCN(C(=O)C(O)CO)CC3)c(F)c2)nn1. The Balaban J connectivity index is 1.71. The average molecular weight is 424 g/mol. The molecule has 2 heterocycles. The second-order valence-electron chi connectivity index (χ2n) is 6.83. The molecule has 2 aromatic rings. The van der Waals surface area contributed by atoms with Crippen LogP contribution in [0.5, 0.6) is 0 Å². The van der Waals surface area contributed by atoms with E-state index in [0.29, 0.717) is 5.69 Å². The first-order chi connectivity index (χ1) is 14.3. The molecule has 0 saturated carbocycles. The number of nitrogens with zero attached hydrogens (tertiary/aromatic N) is 5. The number of hydrogen-bond donors (Lipinski definition) is 3. The van der Waals surface area contributed by atoms with Gasteiger partial charge in [0.1, 0.15) is 11.4 Å². The van der Waals surface area contributed by atoms with E-state index in [1.54, 1.807) is 0 Å². The van der Waals surface area contributed by atoms with Crippen molar-refractivity contribution in [3.8, 4) is 5.69 Å². The van der Waals surface area contributed by atoms with Crippen molar-refractivity contribution in [1.29, 1.82) is 0 Å². The van der Waals surface area contributed by atoms with Gasteiger partial charge >= 0.3 is 0 Å². The van der Waals surface area contributed by atoms with Gasteiger partial charge in [0.05, 0.1) is 25.0 Å². The minimum absolute atomic E-state index is 0.134. The number of hydrogen-bond acceptors (Lipinski definition) is 7. The Bertz CT molecular complexity index is 906. The summed E-state index contributed by atoms with van der Waals surface area (Å²) in [5.41, 5.74) is 0.350. The zero-order valence-corrected chi connectivity index (χ0v) is 16.3. The molecule has 1 unspecified atom stereocenters. The maximum atomic E-state index is 14.7. The van der Waals surface area contributed by atoms with E-state index >= 15 is 0 Å². The number of aromatic nitrogens is 3. The van der Waals surface area contributed by atoms with Gasteiger partial charge in [0, 0.05) is 45.2 Å². The minimum atomic E-state index is -1.50. The van der Waals surface area contributed by atoms with Crippen LogP contribution in [0.4, 0.5) is 14.5 Å². The molecule has 1 aliphatic rings. The molecule has 0 aliphatic carbocycles. The number of aliphatic hydroxyl groups excluding tert-OH is 2. The summed E-state index contributed by atoms with van der Waals surface area (Å²) in [6.07, 6.45) is -0.0387. The number of aliphatic hydroxyl groups is 2. The Morgan fingerprint density at radius 3 is 2.40 bits per heavy atom. The van der Waals surface area contributed by atoms with Crippen LogP contribution in [0.15, 0.2) is 18.3 Å². The predicted molar refractivity (Wildman–Crippen MR) is 101 cm³/mol. The van der Waals surface area contributed by atoms with E-state index in [4.69, 9.17) is 5.11 Å². The molecule has 1 saturated heterocycles. The van der Waals surface area contributed by atoms with Crippen LogP contribution in [0, 0.1) is 11.6 Å². The van der Waals surface area contributed by atoms with Crippen LogP contribution in [0.3, 0.4) is 0 Å². The Hall–Kier alpha value is -3.12. The van der Waals surface area contributed by atoms with Crippen LogP contribution in [0.2, 0.25) is 0 Å². The second kappa shape index (κ2) is 9.13. The molecule has 12 heteroatoms. The molecule has 0 bridgehead atoms. The van der Waals surface area contributed by atoms with Crippen molar-refractivity contribution in [3.05, 3.63) is 35.7 Å². The highest BCUT2D eigenvalue weighted by atomic mass is 19.1. The molecule has 1 aliphatic heterocycles. The number of benzene rings is 1. The third kappa shape index (κ3) is 4.71. The van der Waals surface area contributed by atoms with Gasteiger partial charge in [-0.3, -0.25) is 9.59 Å². The van der Waals surface area contributed by atoms with E-state index in [0.717, 1.165) is 12.1 Å². The molecule has 162 valence electrons. The first-order valence-corrected chi connectivity index (χ1v) is 9.28. The number of amides is 2. The molecule has 1 atom stereocenters. The highest BCUT2D eigenvalue weighted by molar-refractivity contribution is 5.81. The topological polar surface area (TPSA) is 124 Å². The van der Waals surface area contributed by atoms with Gasteiger partial charge in [-0.05, 0) is 0 Å². The Kier molecular flexibility index (Phi) is 6.57. The number of halogens is 2. The summed E-state index contributed by atoms with van der Waals surface area (Å²) >= 11 is 0. The molecule has 3 rings (SSSR count). The summed E-state index contributed by atoms with van der Waals surface area (Å²) in [5.74, 6) is -2.44. The van der Waals surface area contributed by atoms with Gasteiger partial charge in [-0.15, -0.1) is 5.10 Å². The van der Waals surface area contributed by atoms with Crippen molar-refractivity contribution < 1.29 is 28.6 Å². The summed E-state index contributed by atoms with van der Waals surface area (Å²) in [6, 6.07) is 2.25. The van der Waals surface area contributed by atoms with Gasteiger partial charge in [0.15, 0.2) is 17.7 Å². The number of nitrogens with one attached hydrogen (secondary N) is 1. The summed E-state index contributed by atoms with van der Waals surface area (Å²) in [7, 11) is 0. The fourth-order valence-electron chi connectivity index (χ4n) is 3.15. The molecular weight excluding hydrogens is 402 g/mol. The Morgan fingerprint density at radius 1 is 1.20 bits per heavy atom. The maximum Gasteiger partial charge on any atom is 0.253 e. The largest absolute Gasteiger partial charge is 0.393 e. The van der Waals surface area contributed by atoms with E-state index in [1.165, 1.54) is 27.6 Å². The Labute approximate surface area is 170 Å². The smallest absolute Gasteiger partial charge is 0.253 e. The summed E-state index contributed by atoms with van der Waals surface area (Å²) in [5, 5.41) is 28.5. The third-order valence-corrected chi connectivity index (χ3v) is 4.69. The molecule has 1 aromatic heterocycles. The summed E-state index contributed by atoms with van der Waals surface area (Å²) in [6.45, 7) is 1.48. The molecule has 30 heavy (non-hydrogen) atoms. The zero-order valence-electron chi connectivity index (χ0n) is 16.3. The summed E-state index contributed by atoms with van der Waals surface area (Å²) in [4.78, 5) is 25.7. The standard InChI is InChI=1S/C18H22F2N6O4/c1-11(28)21-8-12-9-26(23-22-12)13-6-14(19)17(15(20)7-13)24-2-4-25(5-3-24)18(30)16(29)10-27/h6-7,9,16,27,29H,2-5,8,10H2,1H3,(H,21,28). The predicted octanol–water partition coefficient (Wildman–Crippen LogP) is -0.817. The second-order valence-corrected chi connectivity index (χ2v) is 6.83. The molecular formula is C18H22F2N6O4. The molecule has 1 aromatic carbocycles. The van der Waals surface area contributed by atoms with Crippen LogP contribution >= 0.6 is 0 Å². The molecule has 3 N–H and O–H groups in total. The molecule has 1 fully saturated rings. The lowest BCUT2D eigenvalue weighted by molar-refractivity contribution is -0.142. The van der Waals surface area contributed by atoms with Crippen molar-refractivity contribution in [1.82, 2.24) is 25.2 Å². The highest BCUT2D eigenvalue weighted by Crippen LogP contribution is 2.27. The quantitative estimate of drug-likeness (QED) is 0.554. The summed E-state index contributed by atoms with van der Waals surface area (Å²) < 4.78 is 30.7. The van der Waals surface area contributed by atoms with Gasteiger partial charge in [0.2, 0.25) is 5.91 Å². The van der Waals surface area contributed by atoms with Gasteiger partial charge in [-0.1, -0.05) is 5.21 Å². The third-order valence-electron chi connectivity index (χ3n) is 4.69. The lowest BCUT2D eigenvalue weighted by atomic mass is 10.2. The van der Waals surface area contributed by atoms with Gasteiger partial charge in [-0.2, -0.15) is 0 Å². The van der Waals surface area contributed by atoms with Crippen molar-refractivity contribution in [2.75, 3.05) is 37.7 Å². The lowest BCUT2D eigenvalue weighted by Crippen LogP contribution is -2.52. The van der Waals surface area contributed by atoms with E-state index in [2.05, 4.69) is 15.6 Å². The first-order valence-electron chi connectivity index (χ1n) is 9.28. The monoisotopic (exact) mass is 424 g/mol. The van der Waals surface area contributed by atoms with Crippen molar-refractivity contribution in [3.63, 3.8) is 0 Å². The van der Waals surface area contributed by atoms with E-state index in [9.17, 15) is 23.5 Å². The molecule has 2 amide bonds. The van der Waals surface area contributed by atoms with E-state index in [1.807, 2.05) is 0 Å². The fourth-order valence-corrected chi connectivity index (χ4v) is 3.15. The van der Waals surface area contributed by atoms with Crippen LogP contribution in [0.1, 0.15) is 12.6 Å². The first kappa shape index (κ1) is 21.6. The molecule has 0 radical (unpaired) electrons. The van der Waals surface area contributed by atoms with Crippen molar-refractivity contribution in [2.45, 2.75) is 19.6 Å². The minimum Gasteiger partial charge on any atom is -0.393 e. The number of anilines is 1. The van der Waals surface area contributed by atoms with Crippen LogP contribution in [-0.4, -0.2) is 80.8 Å². The van der Waals surface area contributed by atoms with Gasteiger partial charge in [0.25, 0.3) is 5.91 Å². The highest BCUT2D eigenvalue weighted by Gasteiger charge is 2.28. The number of rotatable bonds is 6. The van der Waals surface area contributed by atoms with Gasteiger partial charge < -0.3 is 25.3 Å². The number of piperazine rings is 1. The molecule has 0 spiro atoms. The van der Waals surface area contributed by atoms with Crippen LogP contribution < -0.4 is 10.2 Å².